The quantitative estimate of drug-likeness (QED) is 0.735. The average Bonchev–Trinajstić information content (AvgIpc) is 2.48. The van der Waals surface area contributed by atoms with E-state index in [-0.39, 0.29) is 10.8 Å². The predicted molar refractivity (Wildman–Crippen MR) is 104 cm³/mol. The van der Waals surface area contributed by atoms with E-state index in [4.69, 9.17) is 0 Å². The summed E-state index contributed by atoms with van der Waals surface area (Å²) in [5, 5.41) is 24.4. The van der Waals surface area contributed by atoms with E-state index in [1.807, 2.05) is 36.4 Å². The number of benzene rings is 2. The highest BCUT2D eigenvalue weighted by molar-refractivity contribution is 5.45. The monoisotopic (exact) mass is 341 g/mol. The normalized spacial score (nSPS) is 12.4. The van der Waals surface area contributed by atoms with Gasteiger partial charge in [-0.15, -0.1) is 0 Å². The number of rotatable bonds is 4. The maximum Gasteiger partial charge on any atom is 0.123 e. The maximum absolute atomic E-state index is 10.5. The van der Waals surface area contributed by atoms with Gasteiger partial charge < -0.3 is 15.5 Å². The van der Waals surface area contributed by atoms with Gasteiger partial charge in [-0.05, 0) is 22.0 Å². The Morgan fingerprint density at radius 1 is 0.680 bits per heavy atom. The number of aromatic hydroxyl groups is 2. The molecule has 0 atom stereocenters. The van der Waals surface area contributed by atoms with Crippen LogP contribution in [0, 0.1) is 0 Å². The topological polar surface area (TPSA) is 52.5 Å². The van der Waals surface area contributed by atoms with Gasteiger partial charge in [-0.2, -0.15) is 0 Å². The third-order valence-electron chi connectivity index (χ3n) is 4.49. The lowest BCUT2D eigenvalue weighted by Gasteiger charge is -2.23. The van der Waals surface area contributed by atoms with E-state index in [2.05, 4.69) is 46.9 Å². The number of hydrogen-bond donors (Lipinski definition) is 3. The summed E-state index contributed by atoms with van der Waals surface area (Å²) in [6, 6.07) is 11.8. The highest BCUT2D eigenvalue weighted by Crippen LogP contribution is 2.34. The largest absolute Gasteiger partial charge is 0.507 e. The molecule has 0 fully saturated rings. The van der Waals surface area contributed by atoms with Crippen molar-refractivity contribution < 1.29 is 10.2 Å². The van der Waals surface area contributed by atoms with Crippen molar-refractivity contribution in [2.24, 2.45) is 0 Å². The van der Waals surface area contributed by atoms with Crippen LogP contribution in [0.2, 0.25) is 0 Å². The number of phenols is 2. The summed E-state index contributed by atoms with van der Waals surface area (Å²) in [7, 11) is 0. The molecule has 2 aromatic carbocycles. The summed E-state index contributed by atoms with van der Waals surface area (Å²) in [6.07, 6.45) is 0. The van der Waals surface area contributed by atoms with Gasteiger partial charge in [0.25, 0.3) is 0 Å². The third kappa shape index (κ3) is 4.55. The molecule has 0 bridgehead atoms. The van der Waals surface area contributed by atoms with Crippen molar-refractivity contribution in [3.8, 4) is 11.5 Å². The standard InChI is InChI=1S/C22H31NO2/c1-21(2,3)17-11-7-9-15(19(17)24)13-23-14-16-10-8-12-18(20(16)25)22(4,5)6/h7-12,23-25H,13-14H2,1-6H3. The zero-order valence-electron chi connectivity index (χ0n) is 16.3. The molecule has 0 heterocycles. The molecule has 2 aromatic rings. The van der Waals surface area contributed by atoms with E-state index in [1.165, 1.54) is 0 Å². The molecule has 0 amide bonds. The zero-order valence-corrected chi connectivity index (χ0v) is 16.3. The lowest BCUT2D eigenvalue weighted by molar-refractivity contribution is 0.433. The van der Waals surface area contributed by atoms with E-state index in [9.17, 15) is 10.2 Å². The first-order valence-electron chi connectivity index (χ1n) is 8.85. The van der Waals surface area contributed by atoms with Gasteiger partial charge in [0.05, 0.1) is 0 Å². The summed E-state index contributed by atoms with van der Waals surface area (Å²) in [6.45, 7) is 13.7. The van der Waals surface area contributed by atoms with Gasteiger partial charge in [0, 0.05) is 24.2 Å². The molecule has 25 heavy (non-hydrogen) atoms. The molecule has 3 N–H and O–H groups in total. The molecule has 0 saturated heterocycles. The highest BCUT2D eigenvalue weighted by atomic mass is 16.3. The molecule has 0 aliphatic rings. The minimum Gasteiger partial charge on any atom is -0.507 e. The third-order valence-corrected chi connectivity index (χ3v) is 4.49. The number of phenolic OH excluding ortho intramolecular Hbond substituents is 2. The van der Waals surface area contributed by atoms with E-state index in [0.717, 1.165) is 22.3 Å². The lowest BCUT2D eigenvalue weighted by atomic mass is 9.85. The van der Waals surface area contributed by atoms with Crippen molar-refractivity contribution in [1.82, 2.24) is 5.32 Å². The SMILES string of the molecule is CC(C)(C)c1cccc(CNCc2cccc(C(C)(C)C)c2O)c1O. The van der Waals surface area contributed by atoms with Gasteiger partial charge in [0.1, 0.15) is 11.5 Å². The summed E-state index contributed by atoms with van der Waals surface area (Å²) < 4.78 is 0. The first-order valence-corrected chi connectivity index (χ1v) is 8.85. The number of para-hydroxylation sites is 2. The first kappa shape index (κ1) is 19.3. The van der Waals surface area contributed by atoms with Crippen LogP contribution in [-0.2, 0) is 23.9 Å². The molecule has 3 nitrogen and oxygen atoms in total. The average molecular weight is 341 g/mol. The Morgan fingerprint density at radius 2 is 1.04 bits per heavy atom. The number of hydrogen-bond acceptors (Lipinski definition) is 3. The van der Waals surface area contributed by atoms with Crippen molar-refractivity contribution in [1.29, 1.82) is 0 Å². The Labute approximate surface area is 151 Å². The summed E-state index contributed by atoms with van der Waals surface area (Å²) in [5.74, 6) is 0.713. The van der Waals surface area contributed by atoms with Crippen LogP contribution in [0.1, 0.15) is 63.8 Å². The van der Waals surface area contributed by atoms with Crippen LogP contribution in [0.4, 0.5) is 0 Å². The Kier molecular flexibility index (Phi) is 5.48. The van der Waals surface area contributed by atoms with Crippen molar-refractivity contribution in [2.75, 3.05) is 0 Å². The molecular weight excluding hydrogens is 310 g/mol. The van der Waals surface area contributed by atoms with E-state index in [1.54, 1.807) is 0 Å². The molecule has 0 aromatic heterocycles. The van der Waals surface area contributed by atoms with E-state index in [0.29, 0.717) is 24.6 Å². The fourth-order valence-electron chi connectivity index (χ4n) is 3.01. The Balaban J connectivity index is 2.13. The van der Waals surface area contributed by atoms with Crippen LogP contribution in [0.3, 0.4) is 0 Å². The molecule has 2 rings (SSSR count). The van der Waals surface area contributed by atoms with Crippen molar-refractivity contribution >= 4 is 0 Å². The fourth-order valence-corrected chi connectivity index (χ4v) is 3.01. The van der Waals surface area contributed by atoms with Gasteiger partial charge in [0.15, 0.2) is 0 Å². The zero-order chi connectivity index (χ0) is 18.8. The molecular formula is C22H31NO2. The van der Waals surface area contributed by atoms with Gasteiger partial charge in [-0.1, -0.05) is 77.9 Å². The first-order chi connectivity index (χ1) is 11.5. The van der Waals surface area contributed by atoms with E-state index >= 15 is 0 Å². The van der Waals surface area contributed by atoms with Crippen molar-refractivity contribution in [3.63, 3.8) is 0 Å². The Hall–Kier alpha value is -2.00. The molecule has 3 heteroatoms. The second-order valence-electron chi connectivity index (χ2n) is 8.73. The Morgan fingerprint density at radius 3 is 1.36 bits per heavy atom. The maximum atomic E-state index is 10.5. The number of nitrogens with one attached hydrogen (secondary N) is 1. The smallest absolute Gasteiger partial charge is 0.123 e. The fraction of sp³-hybridized carbons (Fsp3) is 0.455. The van der Waals surface area contributed by atoms with Crippen LogP contribution in [0.15, 0.2) is 36.4 Å². The van der Waals surface area contributed by atoms with Crippen LogP contribution in [0.25, 0.3) is 0 Å². The van der Waals surface area contributed by atoms with Crippen molar-refractivity contribution in [2.45, 2.75) is 65.5 Å². The molecule has 0 aliphatic heterocycles. The van der Waals surface area contributed by atoms with Crippen LogP contribution >= 0.6 is 0 Å². The van der Waals surface area contributed by atoms with Gasteiger partial charge in [0.2, 0.25) is 0 Å². The highest BCUT2D eigenvalue weighted by Gasteiger charge is 2.21. The van der Waals surface area contributed by atoms with Crippen LogP contribution in [0.5, 0.6) is 11.5 Å². The summed E-state index contributed by atoms with van der Waals surface area (Å²) >= 11 is 0. The van der Waals surface area contributed by atoms with Gasteiger partial charge >= 0.3 is 0 Å². The predicted octanol–water partition coefficient (Wildman–Crippen LogP) is 4.98. The second kappa shape index (κ2) is 7.09. The molecule has 0 unspecified atom stereocenters. The second-order valence-corrected chi connectivity index (χ2v) is 8.73. The minimum absolute atomic E-state index is 0.0978. The molecule has 0 spiro atoms. The minimum atomic E-state index is -0.0978. The van der Waals surface area contributed by atoms with E-state index < -0.39 is 0 Å². The van der Waals surface area contributed by atoms with Crippen LogP contribution < -0.4 is 5.32 Å². The summed E-state index contributed by atoms with van der Waals surface area (Å²) in [4.78, 5) is 0. The van der Waals surface area contributed by atoms with Gasteiger partial charge in [-0.25, -0.2) is 0 Å². The molecule has 0 aliphatic carbocycles. The van der Waals surface area contributed by atoms with Crippen LogP contribution in [-0.4, -0.2) is 10.2 Å². The molecule has 136 valence electrons. The van der Waals surface area contributed by atoms with Crippen molar-refractivity contribution in [3.05, 3.63) is 58.7 Å². The molecule has 0 radical (unpaired) electrons. The molecule has 0 saturated carbocycles. The lowest BCUT2D eigenvalue weighted by Crippen LogP contribution is -2.17. The van der Waals surface area contributed by atoms with Gasteiger partial charge in [-0.3, -0.25) is 0 Å². The summed E-state index contributed by atoms with van der Waals surface area (Å²) in [5.41, 5.74) is 3.45. The Bertz CT molecular complexity index is 673.